The molecule has 0 spiro atoms. The Kier molecular flexibility index (Phi) is 5.96. The van der Waals surface area contributed by atoms with E-state index in [1.165, 1.54) is 6.07 Å². The van der Waals surface area contributed by atoms with Gasteiger partial charge in [0.05, 0.1) is 11.3 Å². The maximum Gasteiger partial charge on any atom is 0.273 e. The first-order valence-corrected chi connectivity index (χ1v) is 8.69. The lowest BCUT2D eigenvalue weighted by Gasteiger charge is -2.12. The molecule has 1 amide bonds. The first kappa shape index (κ1) is 19.0. The number of rotatable bonds is 7. The summed E-state index contributed by atoms with van der Waals surface area (Å²) in [5.74, 6) is 0.301. The fourth-order valence-electron chi connectivity index (χ4n) is 2.72. The summed E-state index contributed by atoms with van der Waals surface area (Å²) in [5, 5.41) is 13.8. The fourth-order valence-corrected chi connectivity index (χ4v) is 2.72. The Morgan fingerprint density at radius 2 is 1.79 bits per heavy atom. The van der Waals surface area contributed by atoms with E-state index in [1.54, 1.807) is 36.5 Å². The molecule has 1 N–H and O–H groups in total. The van der Waals surface area contributed by atoms with Crippen molar-refractivity contribution >= 4 is 17.4 Å². The SMILES string of the molecule is Cc1ccccc1COc1cccnc1NC(=O)Cc1ccccc1[N+](=O)[O-]. The van der Waals surface area contributed by atoms with Crippen molar-refractivity contribution in [3.05, 3.63) is 93.7 Å². The van der Waals surface area contributed by atoms with E-state index in [4.69, 9.17) is 4.74 Å². The third kappa shape index (κ3) is 4.70. The largest absolute Gasteiger partial charge is 0.485 e. The van der Waals surface area contributed by atoms with Gasteiger partial charge in [-0.25, -0.2) is 4.98 Å². The van der Waals surface area contributed by atoms with E-state index in [0.717, 1.165) is 11.1 Å². The van der Waals surface area contributed by atoms with Crippen molar-refractivity contribution in [2.75, 3.05) is 5.32 Å². The number of nitro benzene ring substituents is 1. The number of hydrogen-bond acceptors (Lipinski definition) is 5. The quantitative estimate of drug-likeness (QED) is 0.495. The Bertz CT molecular complexity index is 1000. The minimum atomic E-state index is -0.500. The number of benzene rings is 2. The summed E-state index contributed by atoms with van der Waals surface area (Å²) in [7, 11) is 0. The highest BCUT2D eigenvalue weighted by atomic mass is 16.6. The van der Waals surface area contributed by atoms with Crippen LogP contribution in [0.15, 0.2) is 66.9 Å². The predicted molar refractivity (Wildman–Crippen MR) is 105 cm³/mol. The zero-order valence-electron chi connectivity index (χ0n) is 15.3. The molecule has 0 bridgehead atoms. The number of aromatic nitrogens is 1. The Hall–Kier alpha value is -3.74. The number of hydrogen-bond donors (Lipinski definition) is 1. The minimum Gasteiger partial charge on any atom is -0.485 e. The average molecular weight is 377 g/mol. The normalized spacial score (nSPS) is 10.3. The molecule has 3 aromatic rings. The molecule has 0 aliphatic rings. The molecule has 7 heteroatoms. The van der Waals surface area contributed by atoms with Gasteiger partial charge in [0.2, 0.25) is 5.91 Å². The average Bonchev–Trinajstić information content (AvgIpc) is 2.68. The van der Waals surface area contributed by atoms with Crippen LogP contribution in [0.4, 0.5) is 11.5 Å². The highest BCUT2D eigenvalue weighted by Crippen LogP contribution is 2.24. The Morgan fingerprint density at radius 3 is 2.54 bits per heavy atom. The van der Waals surface area contributed by atoms with Gasteiger partial charge in [0.1, 0.15) is 6.61 Å². The van der Waals surface area contributed by atoms with E-state index < -0.39 is 10.8 Å². The molecule has 0 unspecified atom stereocenters. The molecule has 1 aromatic heterocycles. The van der Waals surface area contributed by atoms with E-state index >= 15 is 0 Å². The first-order valence-electron chi connectivity index (χ1n) is 8.69. The lowest BCUT2D eigenvalue weighted by atomic mass is 10.1. The van der Waals surface area contributed by atoms with Crippen LogP contribution in [0.25, 0.3) is 0 Å². The van der Waals surface area contributed by atoms with E-state index in [9.17, 15) is 14.9 Å². The van der Waals surface area contributed by atoms with Crippen molar-refractivity contribution in [3.63, 3.8) is 0 Å². The van der Waals surface area contributed by atoms with Crippen LogP contribution in [0.5, 0.6) is 5.75 Å². The number of ether oxygens (including phenoxy) is 1. The minimum absolute atomic E-state index is 0.0882. The zero-order valence-corrected chi connectivity index (χ0v) is 15.3. The van der Waals surface area contributed by atoms with Gasteiger partial charge in [-0.05, 0) is 30.2 Å². The molecule has 0 aliphatic heterocycles. The summed E-state index contributed by atoms with van der Waals surface area (Å²) in [5.41, 5.74) is 2.38. The second-order valence-electron chi connectivity index (χ2n) is 6.18. The van der Waals surface area contributed by atoms with Crippen LogP contribution in [0, 0.1) is 17.0 Å². The van der Waals surface area contributed by atoms with Gasteiger partial charge in [0, 0.05) is 17.8 Å². The van der Waals surface area contributed by atoms with Crippen LogP contribution in [0.2, 0.25) is 0 Å². The number of aryl methyl sites for hydroxylation is 1. The zero-order chi connectivity index (χ0) is 19.9. The van der Waals surface area contributed by atoms with E-state index in [1.807, 2.05) is 31.2 Å². The van der Waals surface area contributed by atoms with E-state index in [2.05, 4.69) is 10.3 Å². The van der Waals surface area contributed by atoms with E-state index in [-0.39, 0.29) is 17.9 Å². The summed E-state index contributed by atoms with van der Waals surface area (Å²) < 4.78 is 5.83. The monoisotopic (exact) mass is 377 g/mol. The van der Waals surface area contributed by atoms with Crippen molar-refractivity contribution in [2.45, 2.75) is 20.0 Å². The highest BCUT2D eigenvalue weighted by molar-refractivity contribution is 5.93. The molecule has 28 heavy (non-hydrogen) atoms. The van der Waals surface area contributed by atoms with Gasteiger partial charge < -0.3 is 10.1 Å². The van der Waals surface area contributed by atoms with Gasteiger partial charge in [-0.1, -0.05) is 42.5 Å². The molecule has 7 nitrogen and oxygen atoms in total. The standard InChI is InChI=1S/C21H19N3O4/c1-15-7-2-3-9-17(15)14-28-19-11-6-12-22-21(19)23-20(25)13-16-8-4-5-10-18(16)24(26)27/h2-12H,13-14H2,1H3,(H,22,23,25). The topological polar surface area (TPSA) is 94.4 Å². The lowest BCUT2D eigenvalue weighted by Crippen LogP contribution is -2.17. The van der Waals surface area contributed by atoms with Crippen LogP contribution in [0.3, 0.4) is 0 Å². The Labute approximate surface area is 162 Å². The lowest BCUT2D eigenvalue weighted by molar-refractivity contribution is -0.385. The van der Waals surface area contributed by atoms with Crippen molar-refractivity contribution in [2.24, 2.45) is 0 Å². The second kappa shape index (κ2) is 8.77. The van der Waals surface area contributed by atoms with E-state index in [0.29, 0.717) is 17.9 Å². The molecule has 3 rings (SSSR count). The van der Waals surface area contributed by atoms with Gasteiger partial charge in [0.15, 0.2) is 11.6 Å². The molecule has 0 saturated carbocycles. The maximum absolute atomic E-state index is 12.4. The summed E-state index contributed by atoms with van der Waals surface area (Å²) in [6, 6.07) is 17.4. The molecule has 142 valence electrons. The van der Waals surface area contributed by atoms with Crippen LogP contribution < -0.4 is 10.1 Å². The smallest absolute Gasteiger partial charge is 0.273 e. The molecule has 0 aliphatic carbocycles. The molecule has 0 saturated heterocycles. The highest BCUT2D eigenvalue weighted by Gasteiger charge is 2.17. The number of pyridine rings is 1. The number of nitrogens with one attached hydrogen (secondary N) is 1. The van der Waals surface area contributed by atoms with Crippen molar-refractivity contribution < 1.29 is 14.5 Å². The van der Waals surface area contributed by atoms with Gasteiger partial charge in [0.25, 0.3) is 5.69 Å². The van der Waals surface area contributed by atoms with Crippen LogP contribution in [-0.4, -0.2) is 15.8 Å². The number of para-hydroxylation sites is 1. The molecular formula is C21H19N3O4. The van der Waals surface area contributed by atoms with Crippen molar-refractivity contribution in [1.29, 1.82) is 0 Å². The molecule has 1 heterocycles. The molecular weight excluding hydrogens is 358 g/mol. The Morgan fingerprint density at radius 1 is 1.07 bits per heavy atom. The van der Waals surface area contributed by atoms with Gasteiger partial charge in [-0.15, -0.1) is 0 Å². The second-order valence-corrected chi connectivity index (χ2v) is 6.18. The summed E-state index contributed by atoms with van der Waals surface area (Å²) in [6.07, 6.45) is 1.41. The third-order valence-corrected chi connectivity index (χ3v) is 4.21. The number of carbonyl (C=O) groups is 1. The van der Waals surface area contributed by atoms with Crippen LogP contribution in [-0.2, 0) is 17.8 Å². The summed E-state index contributed by atoms with van der Waals surface area (Å²) >= 11 is 0. The maximum atomic E-state index is 12.4. The van der Waals surface area contributed by atoms with Crippen LogP contribution >= 0.6 is 0 Å². The summed E-state index contributed by atoms with van der Waals surface area (Å²) in [6.45, 7) is 2.34. The third-order valence-electron chi connectivity index (χ3n) is 4.21. The van der Waals surface area contributed by atoms with Crippen molar-refractivity contribution in [1.82, 2.24) is 4.98 Å². The molecule has 2 aromatic carbocycles. The summed E-state index contributed by atoms with van der Waals surface area (Å²) in [4.78, 5) is 27.2. The molecule has 0 atom stereocenters. The van der Waals surface area contributed by atoms with Gasteiger partial charge in [-0.3, -0.25) is 14.9 Å². The molecule has 0 radical (unpaired) electrons. The number of amides is 1. The number of anilines is 1. The Balaban J connectivity index is 1.70. The number of nitro groups is 1. The number of nitrogens with zero attached hydrogens (tertiary/aromatic N) is 2. The van der Waals surface area contributed by atoms with Crippen LogP contribution in [0.1, 0.15) is 16.7 Å². The van der Waals surface area contributed by atoms with Crippen molar-refractivity contribution in [3.8, 4) is 5.75 Å². The number of carbonyl (C=O) groups excluding carboxylic acids is 1. The van der Waals surface area contributed by atoms with Gasteiger partial charge >= 0.3 is 0 Å². The van der Waals surface area contributed by atoms with Gasteiger partial charge in [-0.2, -0.15) is 0 Å². The first-order chi connectivity index (χ1) is 13.5. The predicted octanol–water partition coefficient (Wildman–Crippen LogP) is 4.06. The molecule has 0 fully saturated rings. The fraction of sp³-hybridized carbons (Fsp3) is 0.143.